The van der Waals surface area contributed by atoms with Gasteiger partial charge < -0.3 is 10.6 Å². The van der Waals surface area contributed by atoms with E-state index in [4.69, 9.17) is 0 Å². The molecule has 0 spiro atoms. The molecule has 1 fully saturated rings. The molecule has 2 nitrogen and oxygen atoms in total. The van der Waals surface area contributed by atoms with Gasteiger partial charge in [-0.1, -0.05) is 0 Å². The first-order valence-corrected chi connectivity index (χ1v) is 5.71. The second kappa shape index (κ2) is 3.82. The van der Waals surface area contributed by atoms with Gasteiger partial charge in [-0.25, -0.2) is 0 Å². The minimum Gasteiger partial charge on any atom is -0.309 e. The van der Waals surface area contributed by atoms with Crippen molar-refractivity contribution >= 4 is 0 Å². The van der Waals surface area contributed by atoms with Gasteiger partial charge in [0.15, 0.2) is 0 Å². The summed E-state index contributed by atoms with van der Waals surface area (Å²) in [6.07, 6.45) is 2.54. The third-order valence-electron chi connectivity index (χ3n) is 2.41. The van der Waals surface area contributed by atoms with Crippen LogP contribution in [0.25, 0.3) is 0 Å². The summed E-state index contributed by atoms with van der Waals surface area (Å²) in [4.78, 5) is 0. The van der Waals surface area contributed by atoms with E-state index < -0.39 is 0 Å². The highest BCUT2D eigenvalue weighted by atomic mass is 15.1. The summed E-state index contributed by atoms with van der Waals surface area (Å²) in [6, 6.07) is 1.43. The molecule has 0 radical (unpaired) electrons. The van der Waals surface area contributed by atoms with Crippen LogP contribution in [0.5, 0.6) is 0 Å². The molecule has 0 atom stereocenters. The van der Waals surface area contributed by atoms with Crippen molar-refractivity contribution in [2.45, 2.75) is 77.5 Å². The zero-order valence-electron chi connectivity index (χ0n) is 10.6. The molecule has 0 aromatic carbocycles. The van der Waals surface area contributed by atoms with E-state index in [9.17, 15) is 0 Å². The molecule has 0 unspecified atom stereocenters. The second-order valence-corrected chi connectivity index (χ2v) is 6.65. The van der Waals surface area contributed by atoms with Gasteiger partial charge in [0.2, 0.25) is 0 Å². The minimum atomic E-state index is 0.261. The average Bonchev–Trinajstić information content (AvgIpc) is 1.75. The topological polar surface area (TPSA) is 24.1 Å². The zero-order valence-corrected chi connectivity index (χ0v) is 10.6. The Labute approximate surface area is 88.8 Å². The van der Waals surface area contributed by atoms with Gasteiger partial charge in [-0.05, 0) is 54.4 Å². The monoisotopic (exact) mass is 198 g/mol. The van der Waals surface area contributed by atoms with Crippen LogP contribution in [-0.4, -0.2) is 23.2 Å². The summed E-state index contributed by atoms with van der Waals surface area (Å²) in [6.45, 7) is 13.4. The molecule has 14 heavy (non-hydrogen) atoms. The lowest BCUT2D eigenvalue weighted by Crippen LogP contribution is -2.58. The Hall–Kier alpha value is -0.0800. The quantitative estimate of drug-likeness (QED) is 0.711. The maximum atomic E-state index is 3.63. The molecule has 84 valence electrons. The fourth-order valence-corrected chi connectivity index (χ4v) is 2.08. The van der Waals surface area contributed by atoms with Crippen molar-refractivity contribution in [2.75, 3.05) is 0 Å². The van der Waals surface area contributed by atoms with Gasteiger partial charge in [-0.2, -0.15) is 0 Å². The van der Waals surface area contributed by atoms with Crippen LogP contribution in [0, 0.1) is 0 Å². The largest absolute Gasteiger partial charge is 0.309 e. The molecular weight excluding hydrogens is 172 g/mol. The minimum absolute atomic E-state index is 0.261. The smallest absolute Gasteiger partial charge is 0.0101 e. The average molecular weight is 198 g/mol. The van der Waals surface area contributed by atoms with E-state index in [1.165, 1.54) is 12.8 Å². The summed E-state index contributed by atoms with van der Waals surface area (Å²) in [5, 5.41) is 7.26. The zero-order chi connectivity index (χ0) is 11.0. The highest BCUT2D eigenvalue weighted by Gasteiger charge is 2.33. The van der Waals surface area contributed by atoms with Crippen molar-refractivity contribution in [1.82, 2.24) is 10.6 Å². The van der Waals surface area contributed by atoms with E-state index in [2.05, 4.69) is 52.2 Å². The van der Waals surface area contributed by atoms with Crippen molar-refractivity contribution in [3.63, 3.8) is 0 Å². The summed E-state index contributed by atoms with van der Waals surface area (Å²) >= 11 is 0. The predicted molar refractivity (Wildman–Crippen MR) is 62.6 cm³/mol. The molecule has 1 rings (SSSR count). The fraction of sp³-hybridized carbons (Fsp3) is 1.00. The molecule has 0 saturated heterocycles. The maximum Gasteiger partial charge on any atom is 0.0101 e. The van der Waals surface area contributed by atoms with Crippen molar-refractivity contribution in [2.24, 2.45) is 0 Å². The molecule has 1 aliphatic carbocycles. The first-order valence-electron chi connectivity index (χ1n) is 5.71. The molecule has 2 N–H and O–H groups in total. The molecule has 0 aliphatic heterocycles. The normalized spacial score (nSPS) is 28.7. The predicted octanol–water partition coefficient (Wildman–Crippen LogP) is 2.29. The molecule has 0 amide bonds. The van der Waals surface area contributed by atoms with Gasteiger partial charge in [0, 0.05) is 23.2 Å². The van der Waals surface area contributed by atoms with Crippen molar-refractivity contribution in [1.29, 1.82) is 0 Å². The maximum absolute atomic E-state index is 3.63. The molecule has 0 aromatic rings. The van der Waals surface area contributed by atoms with Gasteiger partial charge in [0.1, 0.15) is 0 Å². The van der Waals surface area contributed by atoms with Crippen LogP contribution < -0.4 is 10.6 Å². The van der Waals surface area contributed by atoms with Crippen molar-refractivity contribution < 1.29 is 0 Å². The van der Waals surface area contributed by atoms with E-state index in [0.717, 1.165) is 12.1 Å². The first-order chi connectivity index (χ1) is 6.16. The van der Waals surface area contributed by atoms with E-state index in [-0.39, 0.29) is 11.1 Å². The third kappa shape index (κ3) is 4.43. The summed E-state index contributed by atoms with van der Waals surface area (Å²) < 4.78 is 0. The van der Waals surface area contributed by atoms with Crippen LogP contribution in [0.1, 0.15) is 54.4 Å². The van der Waals surface area contributed by atoms with Gasteiger partial charge in [0.05, 0.1) is 0 Å². The molecule has 1 aliphatic rings. The number of hydrogen-bond donors (Lipinski definition) is 2. The number of hydrogen-bond acceptors (Lipinski definition) is 2. The highest BCUT2D eigenvalue weighted by molar-refractivity contribution is 4.95. The fourth-order valence-electron chi connectivity index (χ4n) is 2.08. The Morgan fingerprint density at radius 2 is 1.00 bits per heavy atom. The Kier molecular flexibility index (Phi) is 3.27. The van der Waals surface area contributed by atoms with Crippen LogP contribution >= 0.6 is 0 Å². The molecular formula is C12H26N2. The Morgan fingerprint density at radius 3 is 1.21 bits per heavy atom. The van der Waals surface area contributed by atoms with Gasteiger partial charge in [-0.15, -0.1) is 0 Å². The number of nitrogens with one attached hydrogen (secondary N) is 2. The third-order valence-corrected chi connectivity index (χ3v) is 2.41. The van der Waals surface area contributed by atoms with Crippen LogP contribution in [-0.2, 0) is 0 Å². The van der Waals surface area contributed by atoms with E-state index >= 15 is 0 Å². The van der Waals surface area contributed by atoms with Crippen molar-refractivity contribution in [3.05, 3.63) is 0 Å². The number of rotatable bonds is 2. The molecule has 2 heteroatoms. The van der Waals surface area contributed by atoms with Crippen LogP contribution in [0.2, 0.25) is 0 Å². The summed E-state index contributed by atoms with van der Waals surface area (Å²) in [5.41, 5.74) is 0.523. The lowest BCUT2D eigenvalue weighted by molar-refractivity contribution is 0.180. The lowest BCUT2D eigenvalue weighted by Gasteiger charge is -2.43. The SMILES string of the molecule is CC(C)(C)N[C@H]1C[C@H](NC(C)(C)C)C1. The van der Waals surface area contributed by atoms with Crippen molar-refractivity contribution in [3.8, 4) is 0 Å². The summed E-state index contributed by atoms with van der Waals surface area (Å²) in [7, 11) is 0. The first kappa shape index (κ1) is 12.0. The molecule has 0 aromatic heterocycles. The Balaban J connectivity index is 2.18. The van der Waals surface area contributed by atoms with E-state index in [1.54, 1.807) is 0 Å². The molecule has 1 saturated carbocycles. The highest BCUT2D eigenvalue weighted by Crippen LogP contribution is 2.24. The van der Waals surface area contributed by atoms with Gasteiger partial charge >= 0.3 is 0 Å². The standard InChI is InChI=1S/C12H26N2/c1-11(2,3)13-9-7-10(8-9)14-12(4,5)6/h9-10,13-14H,7-8H2,1-6H3/t9-,10-. The molecule has 0 heterocycles. The summed E-state index contributed by atoms with van der Waals surface area (Å²) in [5.74, 6) is 0. The van der Waals surface area contributed by atoms with E-state index in [0.29, 0.717) is 0 Å². The van der Waals surface area contributed by atoms with Crippen LogP contribution in [0.4, 0.5) is 0 Å². The second-order valence-electron chi connectivity index (χ2n) is 6.65. The van der Waals surface area contributed by atoms with E-state index in [1.807, 2.05) is 0 Å². The van der Waals surface area contributed by atoms with Crippen LogP contribution in [0.15, 0.2) is 0 Å². The van der Waals surface area contributed by atoms with Crippen LogP contribution in [0.3, 0.4) is 0 Å². The lowest BCUT2D eigenvalue weighted by atomic mass is 9.83. The van der Waals surface area contributed by atoms with Gasteiger partial charge in [-0.3, -0.25) is 0 Å². The molecule has 0 bridgehead atoms. The van der Waals surface area contributed by atoms with Gasteiger partial charge in [0.25, 0.3) is 0 Å². The Bertz CT molecular complexity index is 159. The Morgan fingerprint density at radius 1 is 0.714 bits per heavy atom.